The van der Waals surface area contributed by atoms with Crippen LogP contribution in [-0.2, 0) is 28.1 Å². The fraction of sp³-hybridized carbons (Fsp3) is 0.361. The molecule has 0 radical (unpaired) electrons. The highest BCUT2D eigenvalue weighted by Gasteiger charge is 2.65. The average Bonchev–Trinajstić information content (AvgIpc) is 3.74. The van der Waals surface area contributed by atoms with Crippen LogP contribution in [0.25, 0.3) is 16.5 Å². The number of methoxy groups -OCH3 is 1. The Labute approximate surface area is 279 Å². The molecule has 1 saturated heterocycles. The molecule has 2 aromatic heterocycles. The van der Waals surface area contributed by atoms with Crippen LogP contribution in [-0.4, -0.2) is 70.7 Å². The lowest BCUT2D eigenvalue weighted by Crippen LogP contribution is -2.51. The van der Waals surface area contributed by atoms with E-state index in [1.54, 1.807) is 36.0 Å². The molecule has 11 nitrogen and oxygen atoms in total. The van der Waals surface area contributed by atoms with Gasteiger partial charge < -0.3 is 19.5 Å². The number of carbonyl (C=O) groups is 1. The zero-order chi connectivity index (χ0) is 33.8. The molecule has 0 unspecified atom stereocenters. The van der Waals surface area contributed by atoms with E-state index in [0.717, 1.165) is 28.1 Å². The molecule has 2 aliphatic rings. The van der Waals surface area contributed by atoms with Gasteiger partial charge in [-0.15, -0.1) is 5.10 Å². The zero-order valence-corrected chi connectivity index (χ0v) is 28.8. The minimum atomic E-state index is -2.33. The Morgan fingerprint density at radius 3 is 2.58 bits per heavy atom. The number of aliphatic hydroxyl groups is 1. The fourth-order valence-electron chi connectivity index (χ4n) is 8.02. The van der Waals surface area contributed by atoms with E-state index in [4.69, 9.17) is 9.47 Å². The molecule has 48 heavy (non-hydrogen) atoms. The molecule has 12 heteroatoms. The van der Waals surface area contributed by atoms with Gasteiger partial charge in [-0.1, -0.05) is 60.7 Å². The van der Waals surface area contributed by atoms with Gasteiger partial charge in [0.15, 0.2) is 5.60 Å². The SMILES string of the molecule is COc1ccc([Si](C)(C)[C@H]2[C@H](CCn3cc(CCO)nn3)O[C@@]3(C(=O)N(C)c4ccc(-n5ncc6ccccc6c5=O)cc43)[C@@H]2C)cc1. The molecule has 4 heterocycles. The molecule has 0 saturated carbocycles. The third-order valence-corrected chi connectivity index (χ3v) is 14.8. The van der Waals surface area contributed by atoms with E-state index < -0.39 is 13.7 Å². The molecule has 4 atom stereocenters. The predicted molar refractivity (Wildman–Crippen MR) is 186 cm³/mol. The molecular weight excluding hydrogens is 625 g/mol. The highest BCUT2D eigenvalue weighted by molar-refractivity contribution is 6.91. The van der Waals surface area contributed by atoms with Gasteiger partial charge in [0.25, 0.3) is 11.5 Å². The number of fused-ring (bicyclic) bond motifs is 3. The molecule has 0 aliphatic carbocycles. The number of hydrogen-bond donors (Lipinski definition) is 1. The zero-order valence-electron chi connectivity index (χ0n) is 27.8. The predicted octanol–water partition coefficient (Wildman–Crippen LogP) is 3.80. The Morgan fingerprint density at radius 1 is 1.06 bits per heavy atom. The van der Waals surface area contributed by atoms with E-state index in [2.05, 4.69) is 47.6 Å². The van der Waals surface area contributed by atoms with Gasteiger partial charge in [0.1, 0.15) is 5.75 Å². The largest absolute Gasteiger partial charge is 0.497 e. The van der Waals surface area contributed by atoms with Crippen molar-refractivity contribution in [2.75, 3.05) is 25.7 Å². The number of rotatable bonds is 9. The Morgan fingerprint density at radius 2 is 1.83 bits per heavy atom. The quantitative estimate of drug-likeness (QED) is 0.236. The van der Waals surface area contributed by atoms with Crippen LogP contribution in [0.1, 0.15) is 24.6 Å². The van der Waals surface area contributed by atoms with Crippen LogP contribution in [0.5, 0.6) is 5.75 Å². The number of aliphatic hydroxyl groups excluding tert-OH is 1. The summed E-state index contributed by atoms with van der Waals surface area (Å²) >= 11 is 0. The summed E-state index contributed by atoms with van der Waals surface area (Å²) in [5, 5.41) is 24.9. The number of hydrogen-bond acceptors (Lipinski definition) is 8. The van der Waals surface area contributed by atoms with Crippen LogP contribution in [0.3, 0.4) is 0 Å². The van der Waals surface area contributed by atoms with E-state index in [-0.39, 0.29) is 35.6 Å². The normalized spacial score (nSPS) is 22.2. The van der Waals surface area contributed by atoms with Gasteiger partial charge in [-0.3, -0.25) is 14.3 Å². The second-order valence-electron chi connectivity index (χ2n) is 13.4. The lowest BCUT2D eigenvalue weighted by atomic mass is 9.82. The van der Waals surface area contributed by atoms with Crippen LogP contribution in [0, 0.1) is 5.92 Å². The molecule has 1 N–H and O–H groups in total. The van der Waals surface area contributed by atoms with Crippen LogP contribution >= 0.6 is 0 Å². The maximum absolute atomic E-state index is 14.5. The Hall–Kier alpha value is -4.65. The number of benzene rings is 3. The molecule has 248 valence electrons. The topological polar surface area (TPSA) is 125 Å². The summed E-state index contributed by atoms with van der Waals surface area (Å²) in [5.74, 6) is 0.488. The summed E-state index contributed by atoms with van der Waals surface area (Å²) in [6, 6.07) is 21.3. The van der Waals surface area contributed by atoms with E-state index >= 15 is 0 Å². The highest BCUT2D eigenvalue weighted by atomic mass is 28.3. The molecule has 1 fully saturated rings. The van der Waals surface area contributed by atoms with Crippen molar-refractivity contribution in [3.63, 3.8) is 0 Å². The molecule has 0 bridgehead atoms. The minimum Gasteiger partial charge on any atom is -0.497 e. The molecule has 1 amide bonds. The van der Waals surface area contributed by atoms with Crippen molar-refractivity contribution in [1.82, 2.24) is 24.8 Å². The first-order chi connectivity index (χ1) is 23.1. The summed E-state index contributed by atoms with van der Waals surface area (Å²) in [6.45, 7) is 7.39. The Balaban J connectivity index is 1.33. The second-order valence-corrected chi connectivity index (χ2v) is 18.1. The van der Waals surface area contributed by atoms with Crippen LogP contribution < -0.4 is 20.4 Å². The highest BCUT2D eigenvalue weighted by Crippen LogP contribution is 2.59. The molecule has 5 aromatic rings. The maximum Gasteiger partial charge on any atom is 0.279 e. The number of likely N-dealkylation sites (N-methyl/N-ethyl adjacent to an activating group) is 1. The summed E-state index contributed by atoms with van der Waals surface area (Å²) in [5.41, 5.74) is 1.38. The first-order valence-corrected chi connectivity index (χ1v) is 19.4. The number of ether oxygens (including phenoxy) is 2. The Bertz CT molecular complexity index is 2060. The van der Waals surface area contributed by atoms with Crippen LogP contribution in [0.15, 0.2) is 83.9 Å². The van der Waals surface area contributed by atoms with Crippen molar-refractivity contribution in [3.8, 4) is 11.4 Å². The molecule has 2 aliphatic heterocycles. The molecule has 3 aromatic carbocycles. The van der Waals surface area contributed by atoms with Gasteiger partial charge in [-0.25, -0.2) is 0 Å². The standard InChI is InChI=1S/C36H40N6O5Si/c1-23-33(48(4,5)28-13-11-27(46-3)12-14-28)32(16-18-41-22-25(17-19-43)38-39-41)47-36(23)30-20-26(10-15-31(30)40(2)35(36)45)42-34(44)29-9-7-6-8-24(29)21-37-42/h6-15,20-23,32-33,43H,16-19H2,1-5H3/t23-,32+,33-,36+/m1/s1. The van der Waals surface area contributed by atoms with E-state index in [0.29, 0.717) is 30.5 Å². The summed E-state index contributed by atoms with van der Waals surface area (Å²) in [6.07, 6.45) is 4.33. The number of nitrogens with zero attached hydrogens (tertiary/aromatic N) is 6. The van der Waals surface area contributed by atoms with Crippen molar-refractivity contribution in [3.05, 3.63) is 101 Å². The number of amides is 1. The van der Waals surface area contributed by atoms with Crippen LogP contribution in [0.2, 0.25) is 18.6 Å². The number of aromatic nitrogens is 5. The lowest BCUT2D eigenvalue weighted by Gasteiger charge is -2.37. The third kappa shape index (κ3) is 4.97. The smallest absolute Gasteiger partial charge is 0.279 e. The summed E-state index contributed by atoms with van der Waals surface area (Å²) in [7, 11) is 1.12. The third-order valence-electron chi connectivity index (χ3n) is 10.5. The fourth-order valence-corrected chi connectivity index (χ4v) is 12.1. The van der Waals surface area contributed by atoms with E-state index in [1.807, 2.05) is 54.7 Å². The summed E-state index contributed by atoms with van der Waals surface area (Å²) < 4.78 is 15.8. The lowest BCUT2D eigenvalue weighted by molar-refractivity contribution is -0.145. The first-order valence-electron chi connectivity index (χ1n) is 16.3. The van der Waals surface area contributed by atoms with Crippen molar-refractivity contribution in [2.45, 2.75) is 56.7 Å². The molecule has 7 rings (SSSR count). The van der Waals surface area contributed by atoms with Gasteiger partial charge in [0.05, 0.1) is 49.9 Å². The number of anilines is 1. The van der Waals surface area contributed by atoms with Crippen LogP contribution in [0.4, 0.5) is 5.69 Å². The minimum absolute atomic E-state index is 0.00602. The Kier molecular flexibility index (Phi) is 8.05. The molecular formula is C36H40N6O5Si. The van der Waals surface area contributed by atoms with Gasteiger partial charge >= 0.3 is 0 Å². The maximum atomic E-state index is 14.5. The second kappa shape index (κ2) is 12.1. The molecule has 1 spiro atoms. The van der Waals surface area contributed by atoms with Gasteiger partial charge in [-0.05, 0) is 48.4 Å². The number of carbonyl (C=O) groups excluding carboxylic acids is 1. The first kappa shape index (κ1) is 31.9. The van der Waals surface area contributed by atoms with Gasteiger partial charge in [-0.2, -0.15) is 9.78 Å². The van der Waals surface area contributed by atoms with Gasteiger partial charge in [0.2, 0.25) is 0 Å². The number of aryl methyl sites for hydroxylation is 1. The summed E-state index contributed by atoms with van der Waals surface area (Å²) in [4.78, 5) is 29.8. The monoisotopic (exact) mass is 664 g/mol. The van der Waals surface area contributed by atoms with Gasteiger partial charge in [0, 0.05) is 49.7 Å². The van der Waals surface area contributed by atoms with E-state index in [9.17, 15) is 14.7 Å². The average molecular weight is 665 g/mol. The van der Waals surface area contributed by atoms with Crippen molar-refractivity contribution in [1.29, 1.82) is 0 Å². The van der Waals surface area contributed by atoms with Crippen molar-refractivity contribution >= 4 is 35.6 Å². The van der Waals surface area contributed by atoms with Crippen molar-refractivity contribution in [2.24, 2.45) is 5.92 Å². The van der Waals surface area contributed by atoms with E-state index in [1.165, 1.54) is 9.87 Å². The van der Waals surface area contributed by atoms with Crippen molar-refractivity contribution < 1.29 is 19.4 Å².